The second-order valence-corrected chi connectivity index (χ2v) is 13.8. The smallest absolute Gasteiger partial charge is 0.241 e. The van der Waals surface area contributed by atoms with Gasteiger partial charge in [0.1, 0.15) is 0 Å². The first-order chi connectivity index (χ1) is 11.7. The van der Waals surface area contributed by atoms with E-state index in [9.17, 15) is 4.79 Å². The fraction of sp³-hybridized carbons (Fsp3) is 0.650. The Bertz CT molecular complexity index is 618. The SMILES string of the molecule is CC(C)(C)[Si](C)(C)OC1CN[C@@H](C(=O)Nc2ccc(C3CC3)cc2)C1. The Hall–Kier alpha value is -1.17. The standard InChI is InChI=1S/C20H32N2O2Si/c1-20(2,3)25(4,5)24-17-12-18(21-13-17)19(23)22-16-10-8-15(9-11-16)14-6-7-14/h8-11,14,17-18,21H,6-7,12-13H2,1-5H3,(H,22,23)/t17?,18-/m1/s1. The number of anilines is 1. The van der Waals surface area contributed by atoms with E-state index < -0.39 is 8.32 Å². The van der Waals surface area contributed by atoms with E-state index >= 15 is 0 Å². The van der Waals surface area contributed by atoms with Gasteiger partial charge in [-0.25, -0.2) is 0 Å². The zero-order valence-corrected chi connectivity index (χ0v) is 17.2. The molecule has 4 nitrogen and oxygen atoms in total. The molecule has 2 fully saturated rings. The minimum atomic E-state index is -1.79. The molecule has 2 atom stereocenters. The molecule has 0 aromatic heterocycles. The maximum Gasteiger partial charge on any atom is 0.241 e. The molecule has 1 aromatic rings. The van der Waals surface area contributed by atoms with Crippen LogP contribution in [0.1, 0.15) is 51.5 Å². The van der Waals surface area contributed by atoms with Crippen molar-refractivity contribution in [2.75, 3.05) is 11.9 Å². The molecule has 1 amide bonds. The van der Waals surface area contributed by atoms with Crippen LogP contribution in [0, 0.1) is 0 Å². The van der Waals surface area contributed by atoms with Gasteiger partial charge in [0.15, 0.2) is 8.32 Å². The second-order valence-electron chi connectivity index (χ2n) is 9.08. The van der Waals surface area contributed by atoms with Crippen molar-refractivity contribution >= 4 is 19.9 Å². The predicted octanol–water partition coefficient (Wildman–Crippen LogP) is 4.25. The zero-order chi connectivity index (χ0) is 18.2. The molecule has 1 saturated carbocycles. The summed E-state index contributed by atoms with van der Waals surface area (Å²) < 4.78 is 6.44. The van der Waals surface area contributed by atoms with Crippen LogP contribution in [-0.2, 0) is 9.22 Å². The number of carbonyl (C=O) groups is 1. The van der Waals surface area contributed by atoms with Crippen LogP contribution >= 0.6 is 0 Å². The van der Waals surface area contributed by atoms with E-state index in [1.54, 1.807) is 0 Å². The Morgan fingerprint density at radius 1 is 1.20 bits per heavy atom. The average Bonchev–Trinajstić information content (AvgIpc) is 3.26. The number of amides is 1. The minimum Gasteiger partial charge on any atom is -0.413 e. The first kappa shape index (κ1) is 18.6. The van der Waals surface area contributed by atoms with Crippen molar-refractivity contribution in [1.82, 2.24) is 5.32 Å². The monoisotopic (exact) mass is 360 g/mol. The summed E-state index contributed by atoms with van der Waals surface area (Å²) in [6.45, 7) is 12.0. The number of hydrogen-bond acceptors (Lipinski definition) is 3. The highest BCUT2D eigenvalue weighted by molar-refractivity contribution is 6.74. The summed E-state index contributed by atoms with van der Waals surface area (Å²) in [5.41, 5.74) is 2.27. The molecular weight excluding hydrogens is 328 g/mol. The zero-order valence-electron chi connectivity index (χ0n) is 16.2. The molecule has 2 N–H and O–H groups in total. The van der Waals surface area contributed by atoms with Crippen LogP contribution in [0.4, 0.5) is 5.69 Å². The van der Waals surface area contributed by atoms with Gasteiger partial charge in [0, 0.05) is 12.2 Å². The van der Waals surface area contributed by atoms with Crippen LogP contribution in [0.5, 0.6) is 0 Å². The predicted molar refractivity (Wildman–Crippen MR) is 106 cm³/mol. The number of rotatable bonds is 5. The van der Waals surface area contributed by atoms with E-state index in [0.717, 1.165) is 24.6 Å². The molecule has 3 rings (SSSR count). The summed E-state index contributed by atoms with van der Waals surface area (Å²) in [6, 6.07) is 8.14. The van der Waals surface area contributed by atoms with Crippen LogP contribution in [-0.4, -0.2) is 32.9 Å². The van der Waals surface area contributed by atoms with Crippen molar-refractivity contribution in [2.45, 2.75) is 76.2 Å². The van der Waals surface area contributed by atoms with E-state index in [1.807, 2.05) is 12.1 Å². The van der Waals surface area contributed by atoms with Gasteiger partial charge in [-0.2, -0.15) is 0 Å². The van der Waals surface area contributed by atoms with Crippen molar-refractivity contribution in [3.8, 4) is 0 Å². The van der Waals surface area contributed by atoms with Gasteiger partial charge in [-0.1, -0.05) is 32.9 Å². The van der Waals surface area contributed by atoms with E-state index in [1.165, 1.54) is 18.4 Å². The fourth-order valence-electron chi connectivity index (χ4n) is 3.07. The topological polar surface area (TPSA) is 50.4 Å². The van der Waals surface area contributed by atoms with Crippen molar-refractivity contribution in [2.24, 2.45) is 0 Å². The minimum absolute atomic E-state index is 0.0421. The molecule has 1 aliphatic heterocycles. The summed E-state index contributed by atoms with van der Waals surface area (Å²) in [5.74, 6) is 0.787. The van der Waals surface area contributed by atoms with E-state index in [2.05, 4.69) is 56.6 Å². The quantitative estimate of drug-likeness (QED) is 0.772. The molecule has 25 heavy (non-hydrogen) atoms. The highest BCUT2D eigenvalue weighted by Gasteiger charge is 2.41. The molecule has 2 aliphatic rings. The molecule has 1 heterocycles. The summed E-state index contributed by atoms with van der Waals surface area (Å²) >= 11 is 0. The molecule has 5 heteroatoms. The molecule has 0 radical (unpaired) electrons. The number of hydrogen-bond donors (Lipinski definition) is 2. The van der Waals surface area contributed by atoms with Gasteiger partial charge in [0.25, 0.3) is 0 Å². The van der Waals surface area contributed by atoms with Crippen LogP contribution < -0.4 is 10.6 Å². The highest BCUT2D eigenvalue weighted by Crippen LogP contribution is 2.40. The Labute approximate surface area is 152 Å². The Balaban J connectivity index is 1.52. The average molecular weight is 361 g/mol. The number of carbonyl (C=O) groups excluding carboxylic acids is 1. The maximum absolute atomic E-state index is 12.5. The van der Waals surface area contributed by atoms with Crippen LogP contribution in [0.2, 0.25) is 18.1 Å². The van der Waals surface area contributed by atoms with Crippen LogP contribution in [0.3, 0.4) is 0 Å². The van der Waals surface area contributed by atoms with Crippen LogP contribution in [0.15, 0.2) is 24.3 Å². The van der Waals surface area contributed by atoms with Gasteiger partial charge in [-0.05, 0) is 61.0 Å². The van der Waals surface area contributed by atoms with Crippen molar-refractivity contribution in [3.63, 3.8) is 0 Å². The van der Waals surface area contributed by atoms with Gasteiger partial charge in [0.2, 0.25) is 5.91 Å². The maximum atomic E-state index is 12.5. The molecule has 1 unspecified atom stereocenters. The van der Waals surface area contributed by atoms with E-state index in [0.29, 0.717) is 0 Å². The van der Waals surface area contributed by atoms with Crippen molar-refractivity contribution in [3.05, 3.63) is 29.8 Å². The summed E-state index contributed by atoms with van der Waals surface area (Å²) in [6.07, 6.45) is 3.48. The number of nitrogens with one attached hydrogen (secondary N) is 2. The summed E-state index contributed by atoms with van der Waals surface area (Å²) in [5, 5.41) is 6.56. The lowest BCUT2D eigenvalue weighted by Gasteiger charge is -2.38. The van der Waals surface area contributed by atoms with Gasteiger partial charge >= 0.3 is 0 Å². The molecule has 1 saturated heterocycles. The lowest BCUT2D eigenvalue weighted by Crippen LogP contribution is -2.44. The molecule has 1 aromatic carbocycles. The first-order valence-electron chi connectivity index (χ1n) is 9.48. The molecule has 0 spiro atoms. The van der Waals surface area contributed by atoms with E-state index in [4.69, 9.17) is 4.43 Å². The molecule has 0 bridgehead atoms. The normalized spacial score (nSPS) is 24.4. The van der Waals surface area contributed by atoms with Gasteiger partial charge in [-0.3, -0.25) is 4.79 Å². The largest absolute Gasteiger partial charge is 0.413 e. The Kier molecular flexibility index (Phi) is 5.10. The lowest BCUT2D eigenvalue weighted by atomic mass is 10.1. The third-order valence-corrected chi connectivity index (χ3v) is 10.4. The fourth-order valence-corrected chi connectivity index (χ4v) is 4.44. The van der Waals surface area contributed by atoms with Gasteiger partial charge < -0.3 is 15.1 Å². The van der Waals surface area contributed by atoms with E-state index in [-0.39, 0.29) is 23.1 Å². The van der Waals surface area contributed by atoms with Gasteiger partial charge in [-0.15, -0.1) is 0 Å². The third kappa shape index (κ3) is 4.52. The molecule has 1 aliphatic carbocycles. The first-order valence-corrected chi connectivity index (χ1v) is 12.4. The number of benzene rings is 1. The van der Waals surface area contributed by atoms with Crippen molar-refractivity contribution < 1.29 is 9.22 Å². The molecule has 138 valence electrons. The Morgan fingerprint density at radius 2 is 1.84 bits per heavy atom. The highest BCUT2D eigenvalue weighted by atomic mass is 28.4. The van der Waals surface area contributed by atoms with Gasteiger partial charge in [0.05, 0.1) is 12.1 Å². The second kappa shape index (κ2) is 6.86. The third-order valence-electron chi connectivity index (χ3n) is 5.90. The lowest BCUT2D eigenvalue weighted by molar-refractivity contribution is -0.117. The summed E-state index contributed by atoms with van der Waals surface area (Å²) in [7, 11) is -1.79. The molecular formula is C20H32N2O2Si. The van der Waals surface area contributed by atoms with Crippen LogP contribution in [0.25, 0.3) is 0 Å². The van der Waals surface area contributed by atoms with Crippen molar-refractivity contribution in [1.29, 1.82) is 0 Å². The Morgan fingerprint density at radius 3 is 2.40 bits per heavy atom. The summed E-state index contributed by atoms with van der Waals surface area (Å²) in [4.78, 5) is 12.5.